The van der Waals surface area contributed by atoms with Gasteiger partial charge < -0.3 is 24.0 Å². The molecule has 0 atom stereocenters. The molecule has 1 saturated heterocycles. The first-order chi connectivity index (χ1) is 11.2. The van der Waals surface area contributed by atoms with Gasteiger partial charge in [-0.15, -0.1) is 6.58 Å². The zero-order chi connectivity index (χ0) is 16.7. The molecule has 126 valence electrons. The van der Waals surface area contributed by atoms with E-state index in [0.29, 0.717) is 50.9 Å². The fourth-order valence-corrected chi connectivity index (χ4v) is 2.60. The van der Waals surface area contributed by atoms with Crippen molar-refractivity contribution >= 4 is 6.03 Å². The first-order valence-corrected chi connectivity index (χ1v) is 7.63. The number of nitrogens with zero attached hydrogens (tertiary/aromatic N) is 2. The molecule has 1 aromatic rings. The molecule has 6 heteroatoms. The topological polar surface area (TPSA) is 51.2 Å². The van der Waals surface area contributed by atoms with E-state index in [9.17, 15) is 4.79 Å². The lowest BCUT2D eigenvalue weighted by atomic mass is 10.1. The number of urea groups is 1. The van der Waals surface area contributed by atoms with E-state index >= 15 is 0 Å². The van der Waals surface area contributed by atoms with Crippen LogP contribution in [0.2, 0.25) is 0 Å². The van der Waals surface area contributed by atoms with Crippen LogP contribution in [0.3, 0.4) is 0 Å². The standard InChI is InChI=1S/C17H24N2O4/c1-4-8-19(17(20)18-9-11-23-12-10-18)13-14-6-5-7-15(21-2)16(14)22-3/h4-7H,1,8-13H2,2-3H3. The largest absolute Gasteiger partial charge is 0.493 e. The van der Waals surface area contributed by atoms with E-state index < -0.39 is 0 Å². The quantitative estimate of drug-likeness (QED) is 0.754. The van der Waals surface area contributed by atoms with Crippen LogP contribution in [0.1, 0.15) is 5.56 Å². The zero-order valence-electron chi connectivity index (χ0n) is 13.8. The number of benzene rings is 1. The molecule has 1 fully saturated rings. The molecule has 0 spiro atoms. The molecule has 1 heterocycles. The van der Waals surface area contributed by atoms with Gasteiger partial charge in [-0.2, -0.15) is 0 Å². The Labute approximate surface area is 137 Å². The van der Waals surface area contributed by atoms with Crippen LogP contribution >= 0.6 is 0 Å². The Morgan fingerprint density at radius 1 is 1.35 bits per heavy atom. The Hall–Kier alpha value is -2.21. The maximum Gasteiger partial charge on any atom is 0.320 e. The maximum absolute atomic E-state index is 12.7. The summed E-state index contributed by atoms with van der Waals surface area (Å²) in [4.78, 5) is 16.3. The molecule has 6 nitrogen and oxygen atoms in total. The van der Waals surface area contributed by atoms with E-state index in [2.05, 4.69) is 6.58 Å². The summed E-state index contributed by atoms with van der Waals surface area (Å²) in [5.74, 6) is 1.31. The molecular weight excluding hydrogens is 296 g/mol. The minimum atomic E-state index is -0.0157. The Balaban J connectivity index is 2.18. The van der Waals surface area contributed by atoms with Gasteiger partial charge in [0.25, 0.3) is 0 Å². The molecule has 2 amide bonds. The Morgan fingerprint density at radius 3 is 2.70 bits per heavy atom. The number of hydrogen-bond acceptors (Lipinski definition) is 4. The number of ether oxygens (including phenoxy) is 3. The summed E-state index contributed by atoms with van der Waals surface area (Å²) >= 11 is 0. The fourth-order valence-electron chi connectivity index (χ4n) is 2.60. The minimum Gasteiger partial charge on any atom is -0.493 e. The molecule has 0 aromatic heterocycles. The van der Waals surface area contributed by atoms with E-state index in [1.54, 1.807) is 30.1 Å². The molecule has 0 bridgehead atoms. The number of carbonyl (C=O) groups excluding carboxylic acids is 1. The van der Waals surface area contributed by atoms with E-state index in [4.69, 9.17) is 14.2 Å². The third-order valence-corrected chi connectivity index (χ3v) is 3.75. The van der Waals surface area contributed by atoms with Crippen LogP contribution in [0, 0.1) is 0 Å². The van der Waals surface area contributed by atoms with E-state index in [-0.39, 0.29) is 6.03 Å². The second kappa shape index (κ2) is 8.43. The molecule has 1 aromatic carbocycles. The van der Waals surface area contributed by atoms with Crippen molar-refractivity contribution in [1.29, 1.82) is 0 Å². The maximum atomic E-state index is 12.7. The molecule has 0 unspecified atom stereocenters. The Bertz CT molecular complexity index is 541. The summed E-state index contributed by atoms with van der Waals surface area (Å²) in [6.07, 6.45) is 1.73. The van der Waals surface area contributed by atoms with Gasteiger partial charge in [-0.05, 0) is 6.07 Å². The lowest BCUT2D eigenvalue weighted by molar-refractivity contribution is 0.0435. The smallest absolute Gasteiger partial charge is 0.320 e. The van der Waals surface area contributed by atoms with Gasteiger partial charge in [-0.3, -0.25) is 0 Å². The number of amides is 2. The van der Waals surface area contributed by atoms with Gasteiger partial charge in [0, 0.05) is 25.2 Å². The second-order valence-corrected chi connectivity index (χ2v) is 5.20. The SMILES string of the molecule is C=CCN(Cc1cccc(OC)c1OC)C(=O)N1CCOCC1. The summed E-state index contributed by atoms with van der Waals surface area (Å²) in [7, 11) is 3.20. The normalized spacial score (nSPS) is 14.3. The summed E-state index contributed by atoms with van der Waals surface area (Å²) in [6.45, 7) is 7.04. The number of hydrogen-bond donors (Lipinski definition) is 0. The van der Waals surface area contributed by atoms with Gasteiger partial charge in [-0.25, -0.2) is 4.79 Å². The van der Waals surface area contributed by atoms with Gasteiger partial charge in [0.05, 0.1) is 34.0 Å². The number of rotatable bonds is 6. The van der Waals surface area contributed by atoms with Crippen LogP contribution in [0.25, 0.3) is 0 Å². The molecular formula is C17H24N2O4. The minimum absolute atomic E-state index is 0.0157. The summed E-state index contributed by atoms with van der Waals surface area (Å²) in [5.41, 5.74) is 0.898. The highest BCUT2D eigenvalue weighted by Crippen LogP contribution is 2.31. The summed E-state index contributed by atoms with van der Waals surface area (Å²) in [6, 6.07) is 5.65. The van der Waals surface area contributed by atoms with Crippen molar-refractivity contribution in [3.05, 3.63) is 36.4 Å². The third kappa shape index (κ3) is 4.16. The van der Waals surface area contributed by atoms with Gasteiger partial charge in [-0.1, -0.05) is 18.2 Å². The molecule has 23 heavy (non-hydrogen) atoms. The number of para-hydroxylation sites is 1. The van der Waals surface area contributed by atoms with Crippen molar-refractivity contribution < 1.29 is 19.0 Å². The monoisotopic (exact) mass is 320 g/mol. The molecule has 0 radical (unpaired) electrons. The number of carbonyl (C=O) groups is 1. The molecule has 1 aliphatic heterocycles. The average molecular weight is 320 g/mol. The third-order valence-electron chi connectivity index (χ3n) is 3.75. The van der Waals surface area contributed by atoms with E-state index in [0.717, 1.165) is 5.56 Å². The lowest BCUT2D eigenvalue weighted by Gasteiger charge is -2.32. The van der Waals surface area contributed by atoms with Crippen LogP contribution in [0.15, 0.2) is 30.9 Å². The van der Waals surface area contributed by atoms with Crippen LogP contribution in [-0.4, -0.2) is 62.9 Å². The van der Waals surface area contributed by atoms with E-state index in [1.807, 2.05) is 18.2 Å². The average Bonchev–Trinajstić information content (AvgIpc) is 2.61. The molecule has 0 saturated carbocycles. The van der Waals surface area contributed by atoms with Crippen molar-refractivity contribution in [3.8, 4) is 11.5 Å². The van der Waals surface area contributed by atoms with Crippen molar-refractivity contribution in [2.45, 2.75) is 6.54 Å². The highest BCUT2D eigenvalue weighted by atomic mass is 16.5. The number of methoxy groups -OCH3 is 2. The molecule has 0 N–H and O–H groups in total. The molecule has 2 rings (SSSR count). The van der Waals surface area contributed by atoms with Gasteiger partial charge in [0.2, 0.25) is 0 Å². The van der Waals surface area contributed by atoms with Crippen molar-refractivity contribution in [1.82, 2.24) is 9.80 Å². The number of morpholine rings is 1. The first-order valence-electron chi connectivity index (χ1n) is 7.63. The predicted octanol–water partition coefficient (Wildman–Crippen LogP) is 2.14. The second-order valence-electron chi connectivity index (χ2n) is 5.20. The van der Waals surface area contributed by atoms with E-state index in [1.165, 1.54) is 0 Å². The highest BCUT2D eigenvalue weighted by molar-refractivity contribution is 5.75. The van der Waals surface area contributed by atoms with Crippen LogP contribution in [-0.2, 0) is 11.3 Å². The van der Waals surface area contributed by atoms with Gasteiger partial charge in [0.15, 0.2) is 11.5 Å². The van der Waals surface area contributed by atoms with Crippen molar-refractivity contribution in [2.24, 2.45) is 0 Å². The summed E-state index contributed by atoms with van der Waals surface area (Å²) in [5, 5.41) is 0. The molecule has 0 aliphatic carbocycles. The Morgan fingerprint density at radius 2 is 2.09 bits per heavy atom. The fraction of sp³-hybridized carbons (Fsp3) is 0.471. The first kappa shape index (κ1) is 17.1. The predicted molar refractivity (Wildman–Crippen MR) is 87.9 cm³/mol. The molecule has 1 aliphatic rings. The zero-order valence-corrected chi connectivity index (χ0v) is 13.8. The van der Waals surface area contributed by atoms with Gasteiger partial charge in [0.1, 0.15) is 0 Å². The summed E-state index contributed by atoms with van der Waals surface area (Å²) < 4.78 is 16.1. The highest BCUT2D eigenvalue weighted by Gasteiger charge is 2.23. The van der Waals surface area contributed by atoms with Crippen LogP contribution in [0.4, 0.5) is 4.79 Å². The van der Waals surface area contributed by atoms with Crippen molar-refractivity contribution in [3.63, 3.8) is 0 Å². The van der Waals surface area contributed by atoms with Crippen LogP contribution in [0.5, 0.6) is 11.5 Å². The van der Waals surface area contributed by atoms with Crippen LogP contribution < -0.4 is 9.47 Å². The lowest BCUT2D eigenvalue weighted by Crippen LogP contribution is -2.48. The Kier molecular flexibility index (Phi) is 6.29. The van der Waals surface area contributed by atoms with Crippen molar-refractivity contribution in [2.75, 3.05) is 47.1 Å². The van der Waals surface area contributed by atoms with Gasteiger partial charge >= 0.3 is 6.03 Å².